The fourth-order valence-corrected chi connectivity index (χ4v) is 6.46. The van der Waals surface area contributed by atoms with Crippen LogP contribution in [-0.4, -0.2) is 12.9 Å². The zero-order chi connectivity index (χ0) is 27.9. The minimum absolute atomic E-state index is 0.00207. The monoisotopic (exact) mass is 526 g/mol. The van der Waals surface area contributed by atoms with Crippen molar-refractivity contribution in [1.82, 2.24) is 0 Å². The van der Waals surface area contributed by atoms with E-state index >= 15 is 4.39 Å². The molecule has 3 aromatic rings. The fraction of sp³-hybridized carbons (Fsp3) is 0.400. The van der Waals surface area contributed by atoms with Crippen molar-refractivity contribution in [3.8, 4) is 22.6 Å². The van der Waals surface area contributed by atoms with Crippen LogP contribution in [0.15, 0.2) is 60.7 Å². The Morgan fingerprint density at radius 3 is 2.41 bits per heavy atom. The molecule has 0 radical (unpaired) electrons. The molecule has 3 aromatic carbocycles. The first-order valence-corrected chi connectivity index (χ1v) is 13.9. The highest BCUT2D eigenvalue weighted by Crippen LogP contribution is 2.50. The number of rotatable bonds is 8. The molecule has 0 aromatic heterocycles. The Morgan fingerprint density at radius 2 is 1.72 bits per heavy atom. The molecule has 0 fully saturated rings. The van der Waals surface area contributed by atoms with E-state index in [1.807, 2.05) is 18.2 Å². The second-order valence-electron chi connectivity index (χ2n) is 12.5. The number of ketones is 1. The van der Waals surface area contributed by atoms with Gasteiger partial charge in [0.25, 0.3) is 0 Å². The van der Waals surface area contributed by atoms with Crippen LogP contribution in [0.1, 0.15) is 82.1 Å². The number of halogens is 1. The first kappa shape index (κ1) is 27.2. The summed E-state index contributed by atoms with van der Waals surface area (Å²) in [7, 11) is 1.60. The average molecular weight is 527 g/mol. The number of carbonyl (C=O) groups excluding carboxylic acids is 1. The molecule has 5 rings (SSSR count). The van der Waals surface area contributed by atoms with Crippen molar-refractivity contribution >= 4 is 11.4 Å². The number of methoxy groups -OCH3 is 1. The second kappa shape index (κ2) is 10.3. The number of carbonyl (C=O) groups is 1. The zero-order valence-electron chi connectivity index (χ0n) is 24.0. The molecule has 0 aliphatic heterocycles. The normalized spacial score (nSPS) is 18.9. The Morgan fingerprint density at radius 1 is 0.949 bits per heavy atom. The summed E-state index contributed by atoms with van der Waals surface area (Å²) >= 11 is 0. The van der Waals surface area contributed by atoms with Gasteiger partial charge in [0.2, 0.25) is 0 Å². The average Bonchev–Trinajstić information content (AvgIpc) is 3.37. The maximum Gasteiger partial charge on any atom is 0.131 e. The third-order valence-electron chi connectivity index (χ3n) is 8.66. The van der Waals surface area contributed by atoms with Gasteiger partial charge in [-0.15, -0.1) is 0 Å². The quantitative estimate of drug-likeness (QED) is 0.294. The first-order valence-electron chi connectivity index (χ1n) is 13.9. The molecule has 204 valence electrons. The summed E-state index contributed by atoms with van der Waals surface area (Å²) in [5.74, 6) is 1.60. The van der Waals surface area contributed by atoms with Gasteiger partial charge < -0.3 is 14.3 Å². The molecule has 3 nitrogen and oxygen atoms in total. The smallest absolute Gasteiger partial charge is 0.131 e. The highest BCUT2D eigenvalue weighted by Gasteiger charge is 2.39. The van der Waals surface area contributed by atoms with Gasteiger partial charge in [0.15, 0.2) is 0 Å². The molecule has 0 heterocycles. The summed E-state index contributed by atoms with van der Waals surface area (Å²) in [5, 5.41) is 0. The number of fused-ring (bicyclic) bond motifs is 1. The van der Waals surface area contributed by atoms with Crippen molar-refractivity contribution in [2.45, 2.75) is 72.8 Å². The van der Waals surface area contributed by atoms with E-state index in [2.05, 4.69) is 52.0 Å². The standard InChI is InChI=1S/C35H39FO3/c1-22(37)16-32-28-19-26(11-10-24(28)20-35(32,4)5)39-21-23-9-13-27(30-18-25(38-6)12-14-33(30)36)29(17-23)31-8-7-15-34(31,2)3/h8-14,17-19,32H,7,15-16,20-21H2,1-6H3/t32-/m0/s1. The van der Waals surface area contributed by atoms with Crippen molar-refractivity contribution in [3.05, 3.63) is 88.7 Å². The Balaban J connectivity index is 1.46. The predicted octanol–water partition coefficient (Wildman–Crippen LogP) is 8.93. The Labute approximate surface area is 232 Å². The molecular weight excluding hydrogens is 487 g/mol. The van der Waals surface area contributed by atoms with Crippen molar-refractivity contribution in [1.29, 1.82) is 0 Å². The van der Waals surface area contributed by atoms with E-state index in [1.54, 1.807) is 26.2 Å². The topological polar surface area (TPSA) is 35.5 Å². The van der Waals surface area contributed by atoms with Crippen LogP contribution in [0.2, 0.25) is 0 Å². The van der Waals surface area contributed by atoms with Crippen molar-refractivity contribution in [2.24, 2.45) is 10.8 Å². The van der Waals surface area contributed by atoms with Crippen LogP contribution in [0, 0.1) is 16.6 Å². The lowest BCUT2D eigenvalue weighted by atomic mass is 9.77. The Kier molecular flexibility index (Phi) is 7.17. The minimum Gasteiger partial charge on any atom is -0.497 e. The number of benzene rings is 3. The van der Waals surface area contributed by atoms with Crippen LogP contribution in [0.4, 0.5) is 4.39 Å². The van der Waals surface area contributed by atoms with Gasteiger partial charge in [-0.2, -0.15) is 0 Å². The summed E-state index contributed by atoms with van der Waals surface area (Å²) in [6, 6.07) is 17.4. The zero-order valence-corrected chi connectivity index (χ0v) is 24.0. The maximum atomic E-state index is 15.1. The van der Waals surface area contributed by atoms with Crippen molar-refractivity contribution < 1.29 is 18.7 Å². The molecule has 0 N–H and O–H groups in total. The molecule has 0 spiro atoms. The van der Waals surface area contributed by atoms with E-state index in [1.165, 1.54) is 22.8 Å². The van der Waals surface area contributed by atoms with Gasteiger partial charge in [-0.1, -0.05) is 52.0 Å². The van der Waals surface area contributed by atoms with Crippen LogP contribution in [-0.2, 0) is 17.8 Å². The Hall–Kier alpha value is -3.40. The van der Waals surface area contributed by atoms with Crippen LogP contribution >= 0.6 is 0 Å². The fourth-order valence-electron chi connectivity index (χ4n) is 6.46. The summed E-state index contributed by atoms with van der Waals surface area (Å²) in [6.45, 7) is 11.1. The van der Waals surface area contributed by atoms with E-state index < -0.39 is 0 Å². The molecule has 1 atom stereocenters. The molecule has 4 heteroatoms. The van der Waals surface area contributed by atoms with Gasteiger partial charge in [-0.05, 0) is 113 Å². The molecule has 2 aliphatic rings. The minimum atomic E-state index is -0.265. The number of Topliss-reactive ketones (excluding diaryl/α,β-unsaturated/α-hetero) is 1. The SMILES string of the molecule is COc1ccc(F)c(-c2ccc(COc3ccc4c(c3)[C@H](CC(C)=O)C(C)(C)C4)cc2C2=CCCC2(C)C)c1. The third kappa shape index (κ3) is 5.39. The molecule has 0 amide bonds. The molecule has 0 bridgehead atoms. The summed E-state index contributed by atoms with van der Waals surface area (Å²) in [5.41, 5.74) is 7.31. The molecule has 0 saturated heterocycles. The van der Waals surface area contributed by atoms with E-state index in [4.69, 9.17) is 9.47 Å². The highest BCUT2D eigenvalue weighted by molar-refractivity contribution is 5.85. The largest absolute Gasteiger partial charge is 0.497 e. The lowest BCUT2D eigenvalue weighted by Crippen LogP contribution is -2.19. The molecule has 2 aliphatic carbocycles. The number of allylic oxidation sites excluding steroid dienone is 2. The van der Waals surface area contributed by atoms with E-state index in [0.717, 1.165) is 41.7 Å². The first-order chi connectivity index (χ1) is 18.5. The van der Waals surface area contributed by atoms with E-state index in [-0.39, 0.29) is 28.3 Å². The van der Waals surface area contributed by atoms with Crippen LogP contribution < -0.4 is 9.47 Å². The van der Waals surface area contributed by atoms with Crippen LogP contribution in [0.5, 0.6) is 11.5 Å². The van der Waals surface area contributed by atoms with Crippen molar-refractivity contribution in [2.75, 3.05) is 7.11 Å². The molecule has 39 heavy (non-hydrogen) atoms. The molecule has 0 unspecified atom stereocenters. The summed E-state index contributed by atoms with van der Waals surface area (Å²) in [4.78, 5) is 12.0. The summed E-state index contributed by atoms with van der Waals surface area (Å²) < 4.78 is 26.8. The van der Waals surface area contributed by atoms with E-state index in [0.29, 0.717) is 24.3 Å². The predicted molar refractivity (Wildman–Crippen MR) is 156 cm³/mol. The van der Waals surface area contributed by atoms with E-state index in [9.17, 15) is 4.79 Å². The maximum absolute atomic E-state index is 15.1. The van der Waals surface area contributed by atoms with Gasteiger partial charge >= 0.3 is 0 Å². The van der Waals surface area contributed by atoms with Gasteiger partial charge in [-0.3, -0.25) is 0 Å². The lowest BCUT2D eigenvalue weighted by molar-refractivity contribution is -0.117. The number of hydrogen-bond acceptors (Lipinski definition) is 3. The molecule has 0 saturated carbocycles. The van der Waals surface area contributed by atoms with Gasteiger partial charge in [0, 0.05) is 12.0 Å². The van der Waals surface area contributed by atoms with Gasteiger partial charge in [0.1, 0.15) is 29.7 Å². The highest BCUT2D eigenvalue weighted by atomic mass is 19.1. The Bertz CT molecular complexity index is 1450. The number of ether oxygens (including phenoxy) is 2. The van der Waals surface area contributed by atoms with Gasteiger partial charge in [0.05, 0.1) is 7.11 Å². The van der Waals surface area contributed by atoms with Crippen molar-refractivity contribution in [3.63, 3.8) is 0 Å². The van der Waals surface area contributed by atoms with Crippen LogP contribution in [0.25, 0.3) is 16.7 Å². The number of hydrogen-bond donors (Lipinski definition) is 0. The second-order valence-corrected chi connectivity index (χ2v) is 12.5. The van der Waals surface area contributed by atoms with Gasteiger partial charge in [-0.25, -0.2) is 4.39 Å². The summed E-state index contributed by atoms with van der Waals surface area (Å²) in [6.07, 6.45) is 5.89. The lowest BCUT2D eigenvalue weighted by Gasteiger charge is -2.27. The third-order valence-corrected chi connectivity index (χ3v) is 8.66. The molecular formula is C35H39FO3. The van der Waals surface area contributed by atoms with Crippen LogP contribution in [0.3, 0.4) is 0 Å².